The summed E-state index contributed by atoms with van der Waals surface area (Å²) in [5.74, 6) is 1.55. The molecule has 1 unspecified atom stereocenters. The van der Waals surface area contributed by atoms with Gasteiger partial charge in [-0.25, -0.2) is 4.68 Å². The van der Waals surface area contributed by atoms with Crippen LogP contribution in [0.15, 0.2) is 30.6 Å². The predicted molar refractivity (Wildman–Crippen MR) is 79.6 cm³/mol. The summed E-state index contributed by atoms with van der Waals surface area (Å²) in [6, 6.07) is 5.76. The molecule has 1 aliphatic rings. The van der Waals surface area contributed by atoms with Gasteiger partial charge in [0.15, 0.2) is 0 Å². The monoisotopic (exact) mass is 288 g/mol. The van der Waals surface area contributed by atoms with Gasteiger partial charge in [0.1, 0.15) is 17.7 Å². The molecule has 0 spiro atoms. The van der Waals surface area contributed by atoms with Gasteiger partial charge in [-0.15, -0.1) is 0 Å². The van der Waals surface area contributed by atoms with Crippen LogP contribution in [0.2, 0.25) is 0 Å². The molecule has 0 radical (unpaired) electrons. The zero-order valence-corrected chi connectivity index (χ0v) is 12.4. The van der Waals surface area contributed by atoms with Crippen molar-refractivity contribution in [1.29, 1.82) is 0 Å². The topological polar surface area (TPSA) is 45.5 Å². The Kier molecular flexibility index (Phi) is 4.10. The molecular formula is C16H20N2O3. The number of rotatable bonds is 4. The van der Waals surface area contributed by atoms with Crippen LogP contribution in [0, 0.1) is 0 Å². The third-order valence-electron chi connectivity index (χ3n) is 3.77. The predicted octanol–water partition coefficient (Wildman–Crippen LogP) is 3.27. The zero-order valence-electron chi connectivity index (χ0n) is 12.4. The van der Waals surface area contributed by atoms with Gasteiger partial charge in [-0.3, -0.25) is 0 Å². The molecule has 0 amide bonds. The van der Waals surface area contributed by atoms with Crippen molar-refractivity contribution in [2.24, 2.45) is 0 Å². The molecule has 112 valence electrons. The first kappa shape index (κ1) is 13.9. The van der Waals surface area contributed by atoms with E-state index in [2.05, 4.69) is 5.10 Å². The number of hydrogen-bond donors (Lipinski definition) is 0. The Morgan fingerprint density at radius 3 is 2.57 bits per heavy atom. The highest BCUT2D eigenvalue weighted by molar-refractivity contribution is 5.76. The zero-order chi connectivity index (χ0) is 14.7. The van der Waals surface area contributed by atoms with E-state index in [1.54, 1.807) is 14.2 Å². The van der Waals surface area contributed by atoms with Gasteiger partial charge < -0.3 is 14.2 Å². The van der Waals surface area contributed by atoms with Crippen LogP contribution in [0.1, 0.15) is 25.5 Å². The van der Waals surface area contributed by atoms with Crippen molar-refractivity contribution in [3.63, 3.8) is 0 Å². The molecule has 1 aliphatic heterocycles. The Morgan fingerprint density at radius 1 is 1.19 bits per heavy atom. The van der Waals surface area contributed by atoms with Crippen molar-refractivity contribution >= 4 is 0 Å². The second-order valence-electron chi connectivity index (χ2n) is 5.07. The Labute approximate surface area is 124 Å². The lowest BCUT2D eigenvalue weighted by molar-refractivity contribution is -0.0394. The Bertz CT molecular complexity index is 581. The lowest BCUT2D eigenvalue weighted by Crippen LogP contribution is -2.18. The van der Waals surface area contributed by atoms with Gasteiger partial charge in [-0.2, -0.15) is 5.10 Å². The fourth-order valence-corrected chi connectivity index (χ4v) is 2.69. The van der Waals surface area contributed by atoms with Crippen molar-refractivity contribution < 1.29 is 14.2 Å². The van der Waals surface area contributed by atoms with Crippen molar-refractivity contribution in [3.8, 4) is 22.6 Å². The summed E-state index contributed by atoms with van der Waals surface area (Å²) in [7, 11) is 3.32. The second kappa shape index (κ2) is 6.18. The van der Waals surface area contributed by atoms with Gasteiger partial charge in [-0.05, 0) is 31.4 Å². The highest BCUT2D eigenvalue weighted by atomic mass is 16.5. The van der Waals surface area contributed by atoms with Crippen LogP contribution in [0.3, 0.4) is 0 Å². The van der Waals surface area contributed by atoms with Gasteiger partial charge in [-0.1, -0.05) is 6.07 Å². The Hall–Kier alpha value is -2.01. The Balaban J connectivity index is 1.95. The van der Waals surface area contributed by atoms with E-state index in [4.69, 9.17) is 14.2 Å². The number of aromatic nitrogens is 2. The van der Waals surface area contributed by atoms with Gasteiger partial charge in [0.05, 0.1) is 26.0 Å². The summed E-state index contributed by atoms with van der Waals surface area (Å²) in [4.78, 5) is 0. The smallest absolute Gasteiger partial charge is 0.150 e. The highest BCUT2D eigenvalue weighted by Gasteiger charge is 2.19. The van der Waals surface area contributed by atoms with Crippen molar-refractivity contribution in [3.05, 3.63) is 30.6 Å². The van der Waals surface area contributed by atoms with E-state index in [0.717, 1.165) is 42.1 Å². The molecule has 1 saturated heterocycles. The van der Waals surface area contributed by atoms with Gasteiger partial charge in [0.25, 0.3) is 0 Å². The average molecular weight is 288 g/mol. The van der Waals surface area contributed by atoms with E-state index in [1.165, 1.54) is 6.42 Å². The minimum Gasteiger partial charge on any atom is -0.496 e. The van der Waals surface area contributed by atoms with E-state index in [1.807, 2.05) is 35.3 Å². The van der Waals surface area contributed by atoms with Gasteiger partial charge >= 0.3 is 0 Å². The molecule has 2 heterocycles. The summed E-state index contributed by atoms with van der Waals surface area (Å²) in [5.41, 5.74) is 1.89. The van der Waals surface area contributed by atoms with E-state index in [9.17, 15) is 0 Å². The highest BCUT2D eigenvalue weighted by Crippen LogP contribution is 2.38. The van der Waals surface area contributed by atoms with Crippen molar-refractivity contribution in [2.45, 2.75) is 25.5 Å². The maximum absolute atomic E-state index is 5.76. The summed E-state index contributed by atoms with van der Waals surface area (Å²) >= 11 is 0. The van der Waals surface area contributed by atoms with E-state index in [-0.39, 0.29) is 6.23 Å². The molecule has 0 bridgehead atoms. The number of methoxy groups -OCH3 is 2. The summed E-state index contributed by atoms with van der Waals surface area (Å²) in [6.45, 7) is 0.803. The van der Waals surface area contributed by atoms with Crippen molar-refractivity contribution in [2.75, 3.05) is 20.8 Å². The minimum atomic E-state index is 0.0354. The molecule has 2 aromatic rings. The molecule has 21 heavy (non-hydrogen) atoms. The first-order chi connectivity index (χ1) is 10.3. The lowest BCUT2D eigenvalue weighted by atomic mass is 10.1. The molecule has 0 N–H and O–H groups in total. The average Bonchev–Trinajstić information content (AvgIpc) is 3.04. The van der Waals surface area contributed by atoms with Crippen LogP contribution in [0.5, 0.6) is 11.5 Å². The van der Waals surface area contributed by atoms with Crippen LogP contribution in [-0.2, 0) is 4.74 Å². The van der Waals surface area contributed by atoms with Crippen LogP contribution >= 0.6 is 0 Å². The Morgan fingerprint density at radius 2 is 1.95 bits per heavy atom. The fraction of sp³-hybridized carbons (Fsp3) is 0.438. The molecule has 1 atom stereocenters. The molecular weight excluding hydrogens is 268 g/mol. The van der Waals surface area contributed by atoms with Gasteiger partial charge in [0, 0.05) is 18.4 Å². The fourth-order valence-electron chi connectivity index (χ4n) is 2.69. The molecule has 5 heteroatoms. The molecule has 1 aromatic carbocycles. The van der Waals surface area contributed by atoms with E-state index in [0.29, 0.717) is 0 Å². The molecule has 1 fully saturated rings. The van der Waals surface area contributed by atoms with E-state index >= 15 is 0 Å². The molecule has 5 nitrogen and oxygen atoms in total. The standard InChI is InChI=1S/C16H20N2O3/c1-19-13-6-5-7-14(20-2)16(13)12-10-17-18(11-12)15-8-3-4-9-21-15/h5-7,10-11,15H,3-4,8-9H2,1-2H3. The maximum Gasteiger partial charge on any atom is 0.150 e. The summed E-state index contributed by atoms with van der Waals surface area (Å²) < 4.78 is 18.6. The van der Waals surface area contributed by atoms with Crippen molar-refractivity contribution in [1.82, 2.24) is 9.78 Å². The largest absolute Gasteiger partial charge is 0.496 e. The first-order valence-corrected chi connectivity index (χ1v) is 7.20. The van der Waals surface area contributed by atoms with E-state index < -0.39 is 0 Å². The third kappa shape index (κ3) is 2.74. The third-order valence-corrected chi connectivity index (χ3v) is 3.77. The van der Waals surface area contributed by atoms with Crippen LogP contribution in [-0.4, -0.2) is 30.6 Å². The maximum atomic E-state index is 5.76. The second-order valence-corrected chi connectivity index (χ2v) is 5.07. The normalized spacial score (nSPS) is 18.5. The number of benzene rings is 1. The molecule has 0 saturated carbocycles. The molecule has 1 aromatic heterocycles. The molecule has 3 rings (SSSR count). The van der Waals surface area contributed by atoms with Crippen LogP contribution < -0.4 is 9.47 Å². The quantitative estimate of drug-likeness (QED) is 0.866. The number of nitrogens with zero attached hydrogens (tertiary/aromatic N) is 2. The number of hydrogen-bond acceptors (Lipinski definition) is 4. The minimum absolute atomic E-state index is 0.0354. The lowest BCUT2D eigenvalue weighted by Gasteiger charge is -2.22. The van der Waals surface area contributed by atoms with Crippen LogP contribution in [0.4, 0.5) is 0 Å². The SMILES string of the molecule is COc1cccc(OC)c1-c1cnn(C2CCCCO2)c1. The van der Waals surface area contributed by atoms with Gasteiger partial charge in [0.2, 0.25) is 0 Å². The molecule has 0 aliphatic carbocycles. The van der Waals surface area contributed by atoms with Crippen LogP contribution in [0.25, 0.3) is 11.1 Å². The summed E-state index contributed by atoms with van der Waals surface area (Å²) in [6.07, 6.45) is 7.18. The first-order valence-electron chi connectivity index (χ1n) is 7.20. The number of ether oxygens (including phenoxy) is 3. The summed E-state index contributed by atoms with van der Waals surface area (Å²) in [5, 5.41) is 4.45.